The third kappa shape index (κ3) is 7.40. The van der Waals surface area contributed by atoms with Gasteiger partial charge in [-0.05, 0) is 58.5 Å². The topological polar surface area (TPSA) is 117 Å². The zero-order valence-electron chi connectivity index (χ0n) is 26.0. The fourth-order valence-electron chi connectivity index (χ4n) is 6.36. The first-order valence-corrected chi connectivity index (χ1v) is 16.1. The molecular formula is C38H38N4O5. The van der Waals surface area contributed by atoms with Crippen molar-refractivity contribution in [2.24, 2.45) is 0 Å². The number of aliphatic hydroxyl groups is 2. The minimum atomic E-state index is -0.575. The fourth-order valence-corrected chi connectivity index (χ4v) is 6.36. The van der Waals surface area contributed by atoms with Gasteiger partial charge in [-0.25, -0.2) is 4.98 Å². The summed E-state index contributed by atoms with van der Waals surface area (Å²) in [4.78, 5) is 23.9. The number of β-amino-alcohol motifs (C(OH)–C–C–N with tert-alkyl or cyclic N) is 1. The van der Waals surface area contributed by atoms with Crippen LogP contribution in [0.1, 0.15) is 58.0 Å². The Morgan fingerprint density at radius 3 is 2.45 bits per heavy atom. The number of nitrogens with one attached hydrogen (secondary N) is 1. The second-order valence-electron chi connectivity index (χ2n) is 12.3. The second-order valence-corrected chi connectivity index (χ2v) is 12.3. The lowest BCUT2D eigenvalue weighted by molar-refractivity contribution is -0.252. The van der Waals surface area contributed by atoms with Crippen molar-refractivity contribution in [2.45, 2.75) is 50.6 Å². The standard InChI is InChI=1S/C38H38N4O5/c43-24-25-11-13-27(14-12-25)36-19-32(23-42-16-15-31(44)22-42)46-38(47-36)30-8-4-7-29(18-30)28-6-3-5-26(17-28)20-40-37(45)35-21-39-33-9-1-2-10-34(33)41-35/h1-14,17-18,21,31-32,36,38,43-44H,15-16,19-20,22-24H2,(H,40,45)/t31-,32+,36-,38-/m0/s1. The lowest BCUT2D eigenvalue weighted by atomic mass is 9.98. The zero-order valence-corrected chi connectivity index (χ0v) is 26.0. The second kappa shape index (κ2) is 14.1. The van der Waals surface area contributed by atoms with Gasteiger partial charge in [0, 0.05) is 38.2 Å². The van der Waals surface area contributed by atoms with Crippen LogP contribution in [-0.2, 0) is 22.6 Å². The molecule has 5 aromatic rings. The molecule has 9 nitrogen and oxygen atoms in total. The maximum Gasteiger partial charge on any atom is 0.271 e. The van der Waals surface area contributed by atoms with E-state index < -0.39 is 6.29 Å². The highest BCUT2D eigenvalue weighted by molar-refractivity contribution is 5.93. The van der Waals surface area contributed by atoms with Crippen LogP contribution in [0.4, 0.5) is 0 Å². The van der Waals surface area contributed by atoms with E-state index in [1.807, 2.05) is 72.8 Å². The summed E-state index contributed by atoms with van der Waals surface area (Å²) in [6, 6.07) is 31.7. The number of benzene rings is 4. The minimum absolute atomic E-state index is 0.00302. The van der Waals surface area contributed by atoms with E-state index in [4.69, 9.17) is 9.47 Å². The summed E-state index contributed by atoms with van der Waals surface area (Å²) in [6.07, 6.45) is 1.85. The molecule has 0 aliphatic carbocycles. The third-order valence-electron chi connectivity index (χ3n) is 8.88. The Kier molecular flexibility index (Phi) is 9.32. The number of carbonyl (C=O) groups excluding carboxylic acids is 1. The molecule has 9 heteroatoms. The smallest absolute Gasteiger partial charge is 0.271 e. The van der Waals surface area contributed by atoms with Crippen molar-refractivity contribution >= 4 is 16.9 Å². The molecule has 0 bridgehead atoms. The summed E-state index contributed by atoms with van der Waals surface area (Å²) >= 11 is 0. The highest BCUT2D eigenvalue weighted by Crippen LogP contribution is 2.39. The molecule has 2 saturated heterocycles. The van der Waals surface area contributed by atoms with Crippen molar-refractivity contribution < 1.29 is 24.5 Å². The number of ether oxygens (including phenoxy) is 2. The minimum Gasteiger partial charge on any atom is -0.392 e. The SMILES string of the molecule is O=C(NCc1cccc(-c2cccc([C@H]3O[C@@H](CN4CC[C@H](O)C4)C[C@@H](c4ccc(CO)cc4)O3)c2)c1)c1cnc2ccccc2n1. The van der Waals surface area contributed by atoms with E-state index in [1.165, 1.54) is 6.20 Å². The van der Waals surface area contributed by atoms with Crippen LogP contribution in [0, 0.1) is 0 Å². The van der Waals surface area contributed by atoms with Crippen LogP contribution < -0.4 is 5.32 Å². The van der Waals surface area contributed by atoms with Crippen LogP contribution in [-0.4, -0.2) is 62.8 Å². The molecule has 3 N–H and O–H groups in total. The molecule has 4 aromatic carbocycles. The van der Waals surface area contributed by atoms with Crippen molar-refractivity contribution in [3.8, 4) is 11.1 Å². The molecule has 2 aliphatic heterocycles. The quantitative estimate of drug-likeness (QED) is 0.200. The summed E-state index contributed by atoms with van der Waals surface area (Å²) in [6.45, 7) is 2.57. The summed E-state index contributed by atoms with van der Waals surface area (Å²) in [5.74, 6) is -0.277. The lowest BCUT2D eigenvalue weighted by Gasteiger charge is -2.38. The van der Waals surface area contributed by atoms with Crippen molar-refractivity contribution in [2.75, 3.05) is 19.6 Å². The summed E-state index contributed by atoms with van der Waals surface area (Å²) in [5, 5.41) is 22.6. The maximum absolute atomic E-state index is 12.9. The Labute approximate surface area is 273 Å². The van der Waals surface area contributed by atoms with Crippen LogP contribution in [0.15, 0.2) is 103 Å². The number of nitrogens with zero attached hydrogens (tertiary/aromatic N) is 3. The normalized spacial score (nSPS) is 21.6. The molecule has 0 radical (unpaired) electrons. The third-order valence-corrected chi connectivity index (χ3v) is 8.88. The summed E-state index contributed by atoms with van der Waals surface area (Å²) < 4.78 is 13.2. The van der Waals surface area contributed by atoms with Gasteiger partial charge in [-0.15, -0.1) is 0 Å². The molecule has 7 rings (SSSR count). The largest absolute Gasteiger partial charge is 0.392 e. The van der Waals surface area contributed by atoms with Crippen molar-refractivity contribution in [1.29, 1.82) is 0 Å². The number of rotatable bonds is 9. The van der Waals surface area contributed by atoms with Gasteiger partial charge in [0.2, 0.25) is 0 Å². The number of hydrogen-bond donors (Lipinski definition) is 3. The fraction of sp³-hybridized carbons (Fsp3) is 0.289. The number of para-hydroxylation sites is 2. The monoisotopic (exact) mass is 630 g/mol. The molecule has 0 unspecified atom stereocenters. The van der Waals surface area contributed by atoms with E-state index in [9.17, 15) is 15.0 Å². The molecule has 4 atom stereocenters. The van der Waals surface area contributed by atoms with E-state index in [1.54, 1.807) is 0 Å². The molecule has 3 heterocycles. The Morgan fingerprint density at radius 1 is 0.872 bits per heavy atom. The first-order valence-electron chi connectivity index (χ1n) is 16.1. The van der Waals surface area contributed by atoms with Gasteiger partial charge in [-0.1, -0.05) is 72.8 Å². The maximum atomic E-state index is 12.9. The van der Waals surface area contributed by atoms with Crippen molar-refractivity contribution in [3.05, 3.63) is 131 Å². The van der Waals surface area contributed by atoms with Crippen LogP contribution in [0.3, 0.4) is 0 Å². The molecule has 0 saturated carbocycles. The number of carbonyl (C=O) groups is 1. The summed E-state index contributed by atoms with van der Waals surface area (Å²) in [5.41, 5.74) is 7.51. The molecule has 47 heavy (non-hydrogen) atoms. The average Bonchev–Trinajstić information content (AvgIpc) is 3.54. The van der Waals surface area contributed by atoms with Crippen molar-refractivity contribution in [1.82, 2.24) is 20.2 Å². The Hall–Kier alpha value is -4.51. The highest BCUT2D eigenvalue weighted by Gasteiger charge is 2.34. The van der Waals surface area contributed by atoms with Gasteiger partial charge in [-0.2, -0.15) is 0 Å². The highest BCUT2D eigenvalue weighted by atomic mass is 16.7. The van der Waals surface area contributed by atoms with Gasteiger partial charge in [0.1, 0.15) is 5.69 Å². The van der Waals surface area contributed by atoms with Crippen LogP contribution in [0.5, 0.6) is 0 Å². The van der Waals surface area contributed by atoms with Crippen LogP contribution >= 0.6 is 0 Å². The predicted molar refractivity (Wildman–Crippen MR) is 178 cm³/mol. The van der Waals surface area contributed by atoms with Crippen LogP contribution in [0.25, 0.3) is 22.2 Å². The van der Waals surface area contributed by atoms with Crippen molar-refractivity contribution in [3.63, 3.8) is 0 Å². The number of aromatic nitrogens is 2. The van der Waals surface area contributed by atoms with Gasteiger partial charge in [-0.3, -0.25) is 14.7 Å². The van der Waals surface area contributed by atoms with E-state index >= 15 is 0 Å². The summed E-state index contributed by atoms with van der Waals surface area (Å²) in [7, 11) is 0. The Balaban J connectivity index is 1.07. The molecule has 2 fully saturated rings. The molecular weight excluding hydrogens is 592 g/mol. The van der Waals surface area contributed by atoms with E-state index in [0.717, 1.165) is 58.4 Å². The molecule has 240 valence electrons. The van der Waals surface area contributed by atoms with Gasteiger partial charge in [0.25, 0.3) is 5.91 Å². The molecule has 1 amide bonds. The molecule has 1 aromatic heterocycles. The first kappa shape index (κ1) is 31.1. The Morgan fingerprint density at radius 2 is 1.66 bits per heavy atom. The molecule has 2 aliphatic rings. The zero-order chi connectivity index (χ0) is 32.2. The lowest BCUT2D eigenvalue weighted by Crippen LogP contribution is -2.38. The number of fused-ring (bicyclic) bond motifs is 1. The predicted octanol–water partition coefficient (Wildman–Crippen LogP) is 5.33. The number of amides is 1. The van der Waals surface area contributed by atoms with E-state index in [-0.39, 0.29) is 36.5 Å². The number of hydrogen-bond acceptors (Lipinski definition) is 8. The van der Waals surface area contributed by atoms with E-state index in [2.05, 4.69) is 44.5 Å². The van der Waals surface area contributed by atoms with Crippen LogP contribution in [0.2, 0.25) is 0 Å². The average molecular weight is 631 g/mol. The van der Waals surface area contributed by atoms with E-state index in [0.29, 0.717) is 25.0 Å². The number of likely N-dealkylation sites (tertiary alicyclic amines) is 1. The van der Waals surface area contributed by atoms with Gasteiger partial charge < -0.3 is 25.0 Å². The van der Waals surface area contributed by atoms with Gasteiger partial charge in [0.05, 0.1) is 42.1 Å². The first-order chi connectivity index (χ1) is 23.0. The Bertz CT molecular complexity index is 1850. The molecule has 0 spiro atoms. The van der Waals surface area contributed by atoms with Gasteiger partial charge in [0.15, 0.2) is 6.29 Å². The van der Waals surface area contributed by atoms with Gasteiger partial charge >= 0.3 is 0 Å². The number of aliphatic hydroxyl groups excluding tert-OH is 2.